The van der Waals surface area contributed by atoms with E-state index < -0.39 is 0 Å². The van der Waals surface area contributed by atoms with Crippen molar-refractivity contribution in [3.05, 3.63) is 82.9 Å². The van der Waals surface area contributed by atoms with Crippen LogP contribution in [-0.4, -0.2) is 0 Å². The second-order valence-electron chi connectivity index (χ2n) is 7.64. The van der Waals surface area contributed by atoms with Gasteiger partial charge in [0.15, 0.2) is 0 Å². The summed E-state index contributed by atoms with van der Waals surface area (Å²) >= 11 is 0. The molecule has 2 aromatic rings. The second kappa shape index (κ2) is 6.43. The number of benzene rings is 2. The summed E-state index contributed by atoms with van der Waals surface area (Å²) in [5.41, 5.74) is 5.83. The van der Waals surface area contributed by atoms with Crippen LogP contribution in [0.4, 0.5) is 0 Å². The molecule has 2 aliphatic rings. The Labute approximate surface area is 145 Å². The number of fused-ring (bicyclic) bond motifs is 2. The smallest absolute Gasteiger partial charge is 0.00844 e. The van der Waals surface area contributed by atoms with Gasteiger partial charge in [0.05, 0.1) is 0 Å². The van der Waals surface area contributed by atoms with Gasteiger partial charge in [0.2, 0.25) is 0 Å². The molecule has 1 saturated carbocycles. The molecule has 0 heteroatoms. The highest BCUT2D eigenvalue weighted by atomic mass is 14.4. The first-order chi connectivity index (χ1) is 11.7. The fourth-order valence-corrected chi connectivity index (χ4v) is 4.54. The molecule has 4 rings (SSSR count). The van der Waals surface area contributed by atoms with E-state index in [9.17, 15) is 0 Å². The fraction of sp³-hybridized carbons (Fsp3) is 0.333. The van der Waals surface area contributed by atoms with E-state index in [2.05, 4.69) is 86.7 Å². The van der Waals surface area contributed by atoms with Crippen LogP contribution in [0.15, 0.2) is 60.7 Å². The van der Waals surface area contributed by atoms with Crippen LogP contribution in [-0.2, 0) is 0 Å². The maximum Gasteiger partial charge on any atom is -0.00844 e. The van der Waals surface area contributed by atoms with Crippen LogP contribution < -0.4 is 0 Å². The average molecular weight is 314 g/mol. The molecule has 0 heterocycles. The third kappa shape index (κ3) is 2.86. The molecule has 0 aromatic heterocycles. The van der Waals surface area contributed by atoms with E-state index in [-0.39, 0.29) is 0 Å². The second-order valence-corrected chi connectivity index (χ2v) is 7.64. The van der Waals surface area contributed by atoms with E-state index in [0.717, 1.165) is 11.8 Å². The minimum absolute atomic E-state index is 0.577. The van der Waals surface area contributed by atoms with Gasteiger partial charge in [0, 0.05) is 0 Å². The first-order valence-corrected chi connectivity index (χ1v) is 9.26. The molecule has 1 fully saturated rings. The van der Waals surface area contributed by atoms with Gasteiger partial charge >= 0.3 is 0 Å². The van der Waals surface area contributed by atoms with Gasteiger partial charge in [-0.15, -0.1) is 0 Å². The van der Waals surface area contributed by atoms with Crippen LogP contribution >= 0.6 is 0 Å². The van der Waals surface area contributed by atoms with Gasteiger partial charge in [-0.05, 0) is 58.8 Å². The van der Waals surface area contributed by atoms with Gasteiger partial charge in [0.25, 0.3) is 0 Å². The van der Waals surface area contributed by atoms with Crippen molar-refractivity contribution in [3.8, 4) is 0 Å². The van der Waals surface area contributed by atoms with E-state index in [4.69, 9.17) is 0 Å². The van der Waals surface area contributed by atoms with Gasteiger partial charge in [-0.25, -0.2) is 0 Å². The zero-order valence-electron chi connectivity index (χ0n) is 14.7. The summed E-state index contributed by atoms with van der Waals surface area (Å²) in [5, 5.41) is 0. The summed E-state index contributed by atoms with van der Waals surface area (Å²) in [7, 11) is 0. The maximum atomic E-state index is 2.47. The lowest BCUT2D eigenvalue weighted by Gasteiger charge is -2.25. The molecule has 0 amide bonds. The van der Waals surface area contributed by atoms with Crippen LogP contribution in [0.25, 0.3) is 12.2 Å². The van der Waals surface area contributed by atoms with Gasteiger partial charge < -0.3 is 0 Å². The van der Waals surface area contributed by atoms with Crippen LogP contribution in [0.3, 0.4) is 0 Å². The molecule has 24 heavy (non-hydrogen) atoms. The molecule has 0 aliphatic heterocycles. The number of allylic oxidation sites excluding steroid dienone is 2. The lowest BCUT2D eigenvalue weighted by atomic mass is 9.79. The Balaban J connectivity index is 1.75. The summed E-state index contributed by atoms with van der Waals surface area (Å²) in [4.78, 5) is 0. The van der Waals surface area contributed by atoms with E-state index in [1.54, 1.807) is 5.56 Å². The van der Waals surface area contributed by atoms with Crippen LogP contribution in [0.2, 0.25) is 0 Å². The van der Waals surface area contributed by atoms with Crippen molar-refractivity contribution in [2.24, 2.45) is 11.8 Å². The zero-order valence-corrected chi connectivity index (χ0v) is 14.7. The molecule has 3 atom stereocenters. The number of hydrogen-bond donors (Lipinski definition) is 0. The molecule has 0 saturated heterocycles. The van der Waals surface area contributed by atoms with Crippen molar-refractivity contribution in [2.45, 2.75) is 38.5 Å². The van der Waals surface area contributed by atoms with E-state index in [1.165, 1.54) is 29.5 Å². The van der Waals surface area contributed by atoms with E-state index in [0.29, 0.717) is 11.8 Å². The predicted octanol–water partition coefficient (Wildman–Crippen LogP) is 6.66. The summed E-state index contributed by atoms with van der Waals surface area (Å²) in [6.45, 7) is 4.65. The third-order valence-corrected chi connectivity index (χ3v) is 5.70. The van der Waals surface area contributed by atoms with Crippen LogP contribution in [0.5, 0.6) is 0 Å². The average Bonchev–Trinajstić information content (AvgIpc) is 3.23. The number of rotatable bonds is 4. The van der Waals surface area contributed by atoms with Crippen LogP contribution in [0, 0.1) is 11.8 Å². The highest BCUT2D eigenvalue weighted by molar-refractivity contribution is 5.72. The summed E-state index contributed by atoms with van der Waals surface area (Å²) in [5.74, 6) is 2.84. The molecule has 0 nitrogen and oxygen atoms in total. The molecular formula is C24H26. The van der Waals surface area contributed by atoms with Crippen LogP contribution in [0.1, 0.15) is 60.8 Å². The molecule has 0 N–H and O–H groups in total. The highest BCUT2D eigenvalue weighted by Gasteiger charge is 2.38. The summed E-state index contributed by atoms with van der Waals surface area (Å²) < 4.78 is 0. The largest absolute Gasteiger partial charge is 0.0851 e. The fourth-order valence-electron chi connectivity index (χ4n) is 4.54. The molecule has 3 unspecified atom stereocenters. The third-order valence-electron chi connectivity index (χ3n) is 5.70. The van der Waals surface area contributed by atoms with Gasteiger partial charge in [-0.3, -0.25) is 0 Å². The highest BCUT2D eigenvalue weighted by Crippen LogP contribution is 2.51. The Morgan fingerprint density at radius 3 is 2.38 bits per heavy atom. The monoisotopic (exact) mass is 314 g/mol. The zero-order chi connectivity index (χ0) is 16.5. The number of hydrogen-bond acceptors (Lipinski definition) is 0. The van der Waals surface area contributed by atoms with Gasteiger partial charge in [-0.2, -0.15) is 0 Å². The van der Waals surface area contributed by atoms with Crippen molar-refractivity contribution < 1.29 is 0 Å². The Morgan fingerprint density at radius 2 is 1.71 bits per heavy atom. The molecule has 0 spiro atoms. The minimum Gasteiger partial charge on any atom is -0.0851 e. The summed E-state index contributed by atoms with van der Waals surface area (Å²) in [6.07, 6.45) is 12.2. The van der Waals surface area contributed by atoms with Crippen molar-refractivity contribution in [1.82, 2.24) is 0 Å². The SMILES string of the molecule is CC(C)c1cccc(/C=C/c2ccccc2)c1C1CC2C=CC1C2. The molecular weight excluding hydrogens is 288 g/mol. The molecule has 2 bridgehead atoms. The van der Waals surface area contributed by atoms with Crippen molar-refractivity contribution in [2.75, 3.05) is 0 Å². The first-order valence-electron chi connectivity index (χ1n) is 9.26. The van der Waals surface area contributed by atoms with Crippen molar-refractivity contribution in [1.29, 1.82) is 0 Å². The maximum absolute atomic E-state index is 2.47. The quantitative estimate of drug-likeness (QED) is 0.437. The van der Waals surface area contributed by atoms with Crippen molar-refractivity contribution >= 4 is 12.2 Å². The molecule has 2 aromatic carbocycles. The first kappa shape index (κ1) is 15.4. The lowest BCUT2D eigenvalue weighted by Crippen LogP contribution is -2.11. The van der Waals surface area contributed by atoms with E-state index in [1.807, 2.05) is 0 Å². The minimum atomic E-state index is 0.577. The Kier molecular flexibility index (Phi) is 4.14. The Morgan fingerprint density at radius 1 is 0.875 bits per heavy atom. The normalized spacial score (nSPS) is 25.2. The Hall–Kier alpha value is -2.08. The topological polar surface area (TPSA) is 0 Å². The van der Waals surface area contributed by atoms with E-state index >= 15 is 0 Å². The summed E-state index contributed by atoms with van der Waals surface area (Å²) in [6, 6.07) is 17.5. The van der Waals surface area contributed by atoms with Gasteiger partial charge in [0.1, 0.15) is 0 Å². The predicted molar refractivity (Wildman–Crippen MR) is 104 cm³/mol. The van der Waals surface area contributed by atoms with Crippen molar-refractivity contribution in [3.63, 3.8) is 0 Å². The molecule has 122 valence electrons. The Bertz CT molecular complexity index is 764. The lowest BCUT2D eigenvalue weighted by molar-refractivity contribution is 0.575. The molecule has 0 radical (unpaired) electrons. The van der Waals surface area contributed by atoms with Gasteiger partial charge in [-0.1, -0.05) is 86.7 Å². The standard InChI is InChI=1S/C24H26/c1-17(2)22-10-6-9-20(13-11-18-7-4-3-5-8-18)24(22)23-16-19-12-14-21(23)15-19/h3-14,17,19,21,23H,15-16H2,1-2H3/b13-11+. The molecule has 2 aliphatic carbocycles.